The number of hydrogen-bond acceptors (Lipinski definition) is 3. The quantitative estimate of drug-likeness (QED) is 0.118. The van der Waals surface area contributed by atoms with Crippen LogP contribution in [0.15, 0.2) is 164 Å². The van der Waals surface area contributed by atoms with Gasteiger partial charge in [0.25, 0.3) is 0 Å². The third kappa shape index (κ3) is 6.34. The summed E-state index contributed by atoms with van der Waals surface area (Å²) in [5.74, 6) is -0.534. The van der Waals surface area contributed by atoms with Crippen molar-refractivity contribution in [2.75, 3.05) is 4.90 Å². The largest absolute Gasteiger partial charge is 0.310 e. The van der Waals surface area contributed by atoms with Gasteiger partial charge in [0.2, 0.25) is 0 Å². The van der Waals surface area contributed by atoms with Crippen molar-refractivity contribution in [1.29, 1.82) is 0 Å². The highest BCUT2D eigenvalue weighted by molar-refractivity contribution is 6.41. The molecule has 0 atom stereocenters. The minimum absolute atomic E-state index is 0.168. The lowest BCUT2D eigenvalue weighted by Gasteiger charge is -2.26. The van der Waals surface area contributed by atoms with E-state index in [0.29, 0.717) is 11.1 Å². The van der Waals surface area contributed by atoms with Crippen LogP contribution in [-0.2, 0) is 0 Å². The van der Waals surface area contributed by atoms with Crippen LogP contribution in [0.4, 0.5) is 17.1 Å². The molecule has 0 amide bonds. The number of carbonyl (C=O) groups excluding carboxylic acids is 2. The summed E-state index contributed by atoms with van der Waals surface area (Å²) in [7, 11) is 0. The lowest BCUT2D eigenvalue weighted by Crippen LogP contribution is -2.09. The van der Waals surface area contributed by atoms with Gasteiger partial charge in [0.15, 0.2) is 11.6 Å². The first kappa shape index (κ1) is 33.3. The maximum absolute atomic E-state index is 13.4. The van der Waals surface area contributed by atoms with E-state index >= 15 is 0 Å². The Morgan fingerprint density at radius 1 is 0.472 bits per heavy atom. The number of Topliss-reactive ketones (excluding diaryl/α,β-unsaturated/α-hetero) is 2. The number of rotatable bonds is 8. The van der Waals surface area contributed by atoms with Crippen LogP contribution < -0.4 is 4.90 Å². The highest BCUT2D eigenvalue weighted by Crippen LogP contribution is 2.39. The molecule has 53 heavy (non-hydrogen) atoms. The molecule has 0 heterocycles. The molecule has 0 N–H and O–H groups in total. The van der Waals surface area contributed by atoms with Crippen LogP contribution in [0.5, 0.6) is 0 Å². The van der Waals surface area contributed by atoms with E-state index in [-0.39, 0.29) is 17.1 Å². The standard InChI is InChI=1S/C50H37NO2/c1-5-35-30-46-47(31-36(35)6-2)50(53)48(49(46)52)28-34-13-14-42-29-45(24-19-41(42)27-34)51(43-20-15-37(16-21-43)39-11-7-9-32(3)25-39)44-22-17-38(18-23-44)40-12-8-10-33(4)26-40/h5-31H,1-2H2,3-4H3. The third-order valence-corrected chi connectivity index (χ3v) is 10.0. The first-order valence-electron chi connectivity index (χ1n) is 17.7. The fraction of sp³-hybridized carbons (Fsp3) is 0.0400. The summed E-state index contributed by atoms with van der Waals surface area (Å²) in [4.78, 5) is 29.1. The van der Waals surface area contributed by atoms with Crippen LogP contribution in [0.3, 0.4) is 0 Å². The Balaban J connectivity index is 1.16. The van der Waals surface area contributed by atoms with Gasteiger partial charge >= 0.3 is 0 Å². The van der Waals surface area contributed by atoms with Crippen molar-refractivity contribution in [2.45, 2.75) is 13.8 Å². The third-order valence-electron chi connectivity index (χ3n) is 10.0. The zero-order valence-electron chi connectivity index (χ0n) is 29.8. The van der Waals surface area contributed by atoms with Gasteiger partial charge in [-0.15, -0.1) is 0 Å². The van der Waals surface area contributed by atoms with Crippen LogP contribution >= 0.6 is 0 Å². The van der Waals surface area contributed by atoms with Crippen molar-refractivity contribution in [3.8, 4) is 22.3 Å². The number of carbonyl (C=O) groups is 2. The van der Waals surface area contributed by atoms with E-state index in [2.05, 4.69) is 147 Å². The molecule has 1 aliphatic carbocycles. The number of benzene rings is 7. The Labute approximate surface area is 310 Å². The lowest BCUT2D eigenvalue weighted by atomic mass is 9.99. The normalized spacial score (nSPS) is 12.2. The molecule has 0 spiro atoms. The first-order valence-corrected chi connectivity index (χ1v) is 17.7. The number of anilines is 3. The Morgan fingerprint density at radius 2 is 0.943 bits per heavy atom. The second kappa shape index (κ2) is 13.7. The number of ketones is 2. The van der Waals surface area contributed by atoms with Gasteiger partial charge in [0.1, 0.15) is 0 Å². The zero-order chi connectivity index (χ0) is 36.6. The van der Waals surface area contributed by atoms with Crippen LogP contribution in [0.1, 0.15) is 48.5 Å². The highest BCUT2D eigenvalue weighted by atomic mass is 16.2. The average molecular weight is 684 g/mol. The summed E-state index contributed by atoms with van der Waals surface area (Å²) in [6.45, 7) is 11.9. The molecule has 7 aromatic rings. The van der Waals surface area contributed by atoms with Gasteiger partial charge in [-0.3, -0.25) is 9.59 Å². The minimum Gasteiger partial charge on any atom is -0.310 e. The maximum atomic E-state index is 13.4. The predicted molar refractivity (Wildman–Crippen MR) is 222 cm³/mol. The molecule has 3 nitrogen and oxygen atoms in total. The minimum atomic E-state index is -0.267. The van der Waals surface area contributed by atoms with Gasteiger partial charge in [0, 0.05) is 28.2 Å². The van der Waals surface area contributed by atoms with Crippen molar-refractivity contribution < 1.29 is 9.59 Å². The fourth-order valence-corrected chi connectivity index (χ4v) is 7.24. The van der Waals surface area contributed by atoms with Gasteiger partial charge < -0.3 is 4.90 Å². The molecule has 3 heteroatoms. The number of allylic oxidation sites excluding steroid dienone is 1. The Bertz CT molecular complexity index is 2500. The summed E-state index contributed by atoms with van der Waals surface area (Å²) in [6, 6.07) is 50.5. The molecule has 0 bridgehead atoms. The molecule has 8 rings (SSSR count). The summed E-state index contributed by atoms with van der Waals surface area (Å²) in [5.41, 5.74) is 13.6. The lowest BCUT2D eigenvalue weighted by molar-refractivity contribution is 0.0990. The second-order valence-corrected chi connectivity index (χ2v) is 13.6. The number of nitrogens with zero attached hydrogens (tertiary/aromatic N) is 1. The van der Waals surface area contributed by atoms with Crippen molar-refractivity contribution in [2.24, 2.45) is 0 Å². The fourth-order valence-electron chi connectivity index (χ4n) is 7.24. The van der Waals surface area contributed by atoms with E-state index in [4.69, 9.17) is 0 Å². The van der Waals surface area contributed by atoms with Gasteiger partial charge in [-0.05, 0) is 124 Å². The summed E-state index contributed by atoms with van der Waals surface area (Å²) >= 11 is 0. The van der Waals surface area contributed by atoms with Gasteiger partial charge in [-0.25, -0.2) is 0 Å². The molecule has 0 unspecified atom stereocenters. The number of fused-ring (bicyclic) bond motifs is 2. The number of hydrogen-bond donors (Lipinski definition) is 0. The van der Waals surface area contributed by atoms with Gasteiger partial charge in [-0.1, -0.05) is 127 Å². The van der Waals surface area contributed by atoms with E-state index < -0.39 is 0 Å². The summed E-state index contributed by atoms with van der Waals surface area (Å²) in [5, 5.41) is 2.05. The molecule has 0 saturated heterocycles. The van der Waals surface area contributed by atoms with Crippen molar-refractivity contribution in [1.82, 2.24) is 0 Å². The molecular formula is C50H37NO2. The van der Waals surface area contributed by atoms with Crippen LogP contribution in [0.2, 0.25) is 0 Å². The molecule has 0 saturated carbocycles. The van der Waals surface area contributed by atoms with Crippen LogP contribution in [0, 0.1) is 13.8 Å². The van der Waals surface area contributed by atoms with Crippen molar-refractivity contribution in [3.05, 3.63) is 203 Å². The molecule has 0 aliphatic heterocycles. The van der Waals surface area contributed by atoms with Crippen LogP contribution in [-0.4, -0.2) is 11.6 Å². The molecule has 254 valence electrons. The Kier molecular flexibility index (Phi) is 8.61. The summed E-state index contributed by atoms with van der Waals surface area (Å²) in [6.07, 6.45) is 5.06. The van der Waals surface area contributed by atoms with Crippen LogP contribution in [0.25, 0.3) is 51.3 Å². The maximum Gasteiger partial charge on any atom is 0.197 e. The van der Waals surface area contributed by atoms with Crippen molar-refractivity contribution in [3.63, 3.8) is 0 Å². The Morgan fingerprint density at radius 3 is 1.43 bits per heavy atom. The van der Waals surface area contributed by atoms with E-state index in [1.54, 1.807) is 30.4 Å². The first-order chi connectivity index (χ1) is 25.8. The zero-order valence-corrected chi connectivity index (χ0v) is 29.8. The van der Waals surface area contributed by atoms with E-state index in [1.807, 2.05) is 18.2 Å². The SMILES string of the molecule is C=Cc1cc2c(cc1C=C)C(=O)C(=Cc1ccc3cc(N(c4ccc(-c5cccc(C)c5)cc4)c4ccc(-c5cccc(C)c5)cc4)ccc3c1)C2=O. The second-order valence-electron chi connectivity index (χ2n) is 13.6. The molecule has 1 aliphatic rings. The van der Waals surface area contributed by atoms with E-state index in [1.165, 1.54) is 22.3 Å². The molecule has 0 radical (unpaired) electrons. The van der Waals surface area contributed by atoms with Gasteiger partial charge in [0.05, 0.1) is 5.57 Å². The van der Waals surface area contributed by atoms with E-state index in [0.717, 1.165) is 55.7 Å². The van der Waals surface area contributed by atoms with Gasteiger partial charge in [-0.2, -0.15) is 0 Å². The predicted octanol–water partition coefficient (Wildman–Crippen LogP) is 13.0. The molecule has 7 aromatic carbocycles. The molecular weight excluding hydrogens is 647 g/mol. The molecule has 0 fully saturated rings. The Hall–Kier alpha value is -6.84. The smallest absolute Gasteiger partial charge is 0.197 e. The van der Waals surface area contributed by atoms with Crippen molar-refractivity contribution >= 4 is 57.6 Å². The van der Waals surface area contributed by atoms with E-state index in [9.17, 15) is 9.59 Å². The highest BCUT2D eigenvalue weighted by Gasteiger charge is 2.33. The summed E-state index contributed by atoms with van der Waals surface area (Å²) < 4.78 is 0. The monoisotopic (exact) mass is 683 g/mol. The topological polar surface area (TPSA) is 37.4 Å². The average Bonchev–Trinajstić information content (AvgIpc) is 3.41. The number of aryl methyl sites for hydroxylation is 2. The molecule has 0 aromatic heterocycles.